The lowest BCUT2D eigenvalue weighted by molar-refractivity contribution is -0.147. The molecule has 0 aromatic heterocycles. The van der Waals surface area contributed by atoms with Crippen molar-refractivity contribution in [3.63, 3.8) is 0 Å². The number of ketones is 1. The lowest BCUT2D eigenvalue weighted by atomic mass is 10.1. The first-order chi connectivity index (χ1) is 18.9. The van der Waals surface area contributed by atoms with E-state index in [1.54, 1.807) is 30.3 Å². The van der Waals surface area contributed by atoms with Gasteiger partial charge in [-0.3, -0.25) is 4.79 Å². The maximum Gasteiger partial charge on any atom is 0.408 e. The van der Waals surface area contributed by atoms with Crippen LogP contribution >= 0.6 is 0 Å². The first-order valence-electron chi connectivity index (χ1n) is 13.2. The van der Waals surface area contributed by atoms with Gasteiger partial charge in [-0.1, -0.05) is 63.2 Å². The molecular weight excluding hydrogens is 530 g/mol. The Labute approximate surface area is 236 Å². The number of nitrogens with one attached hydrogen (secondary N) is 1. The van der Waals surface area contributed by atoms with E-state index in [1.807, 2.05) is 30.3 Å². The maximum atomic E-state index is 12.4. The number of hydrogen-bond donors (Lipinski definition) is 1. The monoisotopic (exact) mass is 569 g/mol. The molecule has 0 bridgehead atoms. The minimum Gasteiger partial charge on any atom is -0.467 e. The summed E-state index contributed by atoms with van der Waals surface area (Å²) in [7, 11) is -0.780. The van der Waals surface area contributed by atoms with Gasteiger partial charge in [0.15, 0.2) is 14.1 Å². The van der Waals surface area contributed by atoms with Gasteiger partial charge in [0.25, 0.3) is 0 Å². The average Bonchev–Trinajstić information content (AvgIpc) is 2.92. The van der Waals surface area contributed by atoms with E-state index in [9.17, 15) is 14.4 Å². The molecule has 0 aliphatic carbocycles. The largest absolute Gasteiger partial charge is 0.467 e. The van der Waals surface area contributed by atoms with Gasteiger partial charge in [0.2, 0.25) is 6.29 Å². The maximum absolute atomic E-state index is 12.4. The smallest absolute Gasteiger partial charge is 0.408 e. The Bertz CT molecular complexity index is 1170. The lowest BCUT2D eigenvalue weighted by Crippen LogP contribution is -2.46. The fraction of sp³-hybridized carbons (Fsp3) is 0.433. The first kappa shape index (κ1) is 31.1. The number of ether oxygens (including phenoxy) is 4. The predicted octanol–water partition coefficient (Wildman–Crippen LogP) is 4.95. The number of benzene rings is 2. The highest BCUT2D eigenvalue weighted by atomic mass is 28.4. The van der Waals surface area contributed by atoms with Crippen LogP contribution in [0, 0.1) is 0 Å². The predicted molar refractivity (Wildman–Crippen MR) is 152 cm³/mol. The van der Waals surface area contributed by atoms with Crippen molar-refractivity contribution in [2.24, 2.45) is 0 Å². The van der Waals surface area contributed by atoms with Crippen LogP contribution in [0.5, 0.6) is 5.75 Å². The van der Waals surface area contributed by atoms with E-state index in [0.29, 0.717) is 5.75 Å². The molecule has 1 N–H and O–H groups in total. The molecule has 0 fully saturated rings. The van der Waals surface area contributed by atoms with Gasteiger partial charge >= 0.3 is 12.1 Å². The molecule has 0 radical (unpaired) electrons. The molecule has 216 valence electrons. The van der Waals surface area contributed by atoms with Gasteiger partial charge in [0, 0.05) is 6.42 Å². The van der Waals surface area contributed by atoms with E-state index < -0.39 is 38.8 Å². The van der Waals surface area contributed by atoms with Crippen molar-refractivity contribution in [2.75, 3.05) is 13.7 Å². The molecule has 2 aromatic carbocycles. The van der Waals surface area contributed by atoms with Crippen LogP contribution in [0.15, 0.2) is 66.7 Å². The Balaban J connectivity index is 1.54. The van der Waals surface area contributed by atoms with Crippen molar-refractivity contribution in [3.8, 4) is 5.75 Å². The van der Waals surface area contributed by atoms with Gasteiger partial charge in [0.05, 0.1) is 13.7 Å². The van der Waals surface area contributed by atoms with Crippen LogP contribution in [0.1, 0.15) is 31.9 Å². The molecule has 0 unspecified atom stereocenters. The number of carbonyl (C=O) groups excluding carboxylic acids is 3. The number of hydrogen-bond acceptors (Lipinski definition) is 8. The van der Waals surface area contributed by atoms with Crippen molar-refractivity contribution >= 4 is 26.2 Å². The fourth-order valence-corrected chi connectivity index (χ4v) is 4.56. The summed E-state index contributed by atoms with van der Waals surface area (Å²) in [6.07, 6.45) is 1.01. The van der Waals surface area contributed by atoms with Crippen LogP contribution in [0.25, 0.3) is 0 Å². The first-order valence-corrected chi connectivity index (χ1v) is 16.1. The normalized spacial score (nSPS) is 18.1. The minimum atomic E-state index is -2.04. The minimum absolute atomic E-state index is 0.0169. The molecule has 0 spiro atoms. The molecule has 1 aliphatic rings. The second kappa shape index (κ2) is 13.7. The summed E-state index contributed by atoms with van der Waals surface area (Å²) in [5, 5.41) is 2.59. The number of methoxy groups -OCH3 is 1. The molecule has 3 rings (SSSR count). The van der Waals surface area contributed by atoms with E-state index >= 15 is 0 Å². The zero-order valence-corrected chi connectivity index (χ0v) is 25.0. The van der Waals surface area contributed by atoms with E-state index in [4.69, 9.17) is 23.4 Å². The Morgan fingerprint density at radius 3 is 2.33 bits per heavy atom. The number of carbonyl (C=O) groups is 3. The molecule has 1 aliphatic heterocycles. The highest BCUT2D eigenvalue weighted by molar-refractivity contribution is 6.74. The molecule has 10 heteroatoms. The van der Waals surface area contributed by atoms with Crippen LogP contribution < -0.4 is 10.1 Å². The molecule has 9 nitrogen and oxygen atoms in total. The van der Waals surface area contributed by atoms with Crippen LogP contribution in [0.3, 0.4) is 0 Å². The molecular formula is C30H39NO8Si. The summed E-state index contributed by atoms with van der Waals surface area (Å²) < 4.78 is 28.0. The van der Waals surface area contributed by atoms with Gasteiger partial charge in [-0.2, -0.15) is 0 Å². The Kier molecular flexibility index (Phi) is 10.7. The van der Waals surface area contributed by atoms with Crippen LogP contribution in [0.4, 0.5) is 4.79 Å². The second-order valence-corrected chi connectivity index (χ2v) is 15.9. The molecule has 3 atom stereocenters. The Morgan fingerprint density at radius 1 is 1.02 bits per heavy atom. The van der Waals surface area contributed by atoms with Gasteiger partial charge in [-0.25, -0.2) is 9.59 Å². The summed E-state index contributed by atoms with van der Waals surface area (Å²) in [6, 6.07) is 15.3. The van der Waals surface area contributed by atoms with E-state index in [1.165, 1.54) is 13.2 Å². The quantitative estimate of drug-likeness (QED) is 0.299. The zero-order valence-electron chi connectivity index (χ0n) is 24.0. The molecule has 1 amide bonds. The number of esters is 1. The fourth-order valence-electron chi connectivity index (χ4n) is 3.56. The number of amides is 1. The van der Waals surface area contributed by atoms with Crippen molar-refractivity contribution in [1.29, 1.82) is 0 Å². The zero-order chi connectivity index (χ0) is 29.3. The van der Waals surface area contributed by atoms with Crippen molar-refractivity contribution in [2.45, 2.75) is 70.4 Å². The summed E-state index contributed by atoms with van der Waals surface area (Å²) in [5.74, 6) is -0.229. The van der Waals surface area contributed by atoms with Crippen LogP contribution in [0.2, 0.25) is 18.1 Å². The van der Waals surface area contributed by atoms with Crippen molar-refractivity contribution in [1.82, 2.24) is 5.32 Å². The van der Waals surface area contributed by atoms with Gasteiger partial charge in [0.1, 0.15) is 24.5 Å². The Hall–Kier alpha value is -3.47. The van der Waals surface area contributed by atoms with Crippen molar-refractivity contribution in [3.05, 3.63) is 77.9 Å². The van der Waals surface area contributed by atoms with Crippen LogP contribution in [-0.4, -0.2) is 58.3 Å². The van der Waals surface area contributed by atoms with E-state index in [0.717, 1.165) is 11.1 Å². The third-order valence-electron chi connectivity index (χ3n) is 7.04. The molecule has 0 saturated carbocycles. The summed E-state index contributed by atoms with van der Waals surface area (Å²) in [5.41, 5.74) is 1.60. The highest BCUT2D eigenvalue weighted by Crippen LogP contribution is 2.36. The van der Waals surface area contributed by atoms with Crippen molar-refractivity contribution < 1.29 is 37.8 Å². The second-order valence-electron chi connectivity index (χ2n) is 11.1. The molecule has 1 heterocycles. The third-order valence-corrected chi connectivity index (χ3v) is 11.5. The van der Waals surface area contributed by atoms with E-state index in [2.05, 4.69) is 39.2 Å². The van der Waals surface area contributed by atoms with Gasteiger partial charge < -0.3 is 28.7 Å². The van der Waals surface area contributed by atoms with E-state index in [-0.39, 0.29) is 30.5 Å². The highest BCUT2D eigenvalue weighted by Gasteiger charge is 2.39. The summed E-state index contributed by atoms with van der Waals surface area (Å²) in [6.45, 7) is 10.9. The Morgan fingerprint density at radius 2 is 1.70 bits per heavy atom. The molecule has 40 heavy (non-hydrogen) atoms. The summed E-state index contributed by atoms with van der Waals surface area (Å²) in [4.78, 5) is 37.0. The van der Waals surface area contributed by atoms with Gasteiger partial charge in [-0.05, 0) is 53.5 Å². The number of rotatable bonds is 11. The SMILES string of the molecule is COC(=O)[C@@H](Cc1ccc(O[C@@H]2C=CC(=O)[C@@H](CO[Si](C)(C)C(C)(C)C)O2)cc1)NC(=O)OCc1ccccc1. The average molecular weight is 570 g/mol. The number of alkyl carbamates (subject to hydrolysis) is 1. The standard InChI is InChI=1S/C30H39NO8Si/c1-30(2,3)40(5,6)37-20-26-25(32)16-17-27(39-26)38-23-14-12-21(13-15-23)18-24(28(33)35-4)31-29(34)36-19-22-10-8-7-9-11-22/h7-17,24,26-27H,18-20H2,1-6H3,(H,31,34)/t24-,26-,27+/m1/s1. The molecule has 0 saturated heterocycles. The van der Waals surface area contributed by atoms with Gasteiger partial charge in [-0.15, -0.1) is 0 Å². The molecule has 2 aromatic rings. The van der Waals surface area contributed by atoms with Crippen LogP contribution in [-0.2, 0) is 41.3 Å². The lowest BCUT2D eigenvalue weighted by Gasteiger charge is -2.37. The third kappa shape index (κ3) is 9.04. The summed E-state index contributed by atoms with van der Waals surface area (Å²) >= 11 is 0. The topological polar surface area (TPSA) is 109 Å².